The normalized spacial score (nSPS) is 17.1. The van der Waals surface area contributed by atoms with E-state index < -0.39 is 0 Å². The van der Waals surface area contributed by atoms with E-state index in [-0.39, 0.29) is 16.9 Å². The predicted molar refractivity (Wildman–Crippen MR) is 86.7 cm³/mol. The zero-order valence-corrected chi connectivity index (χ0v) is 13.3. The molecule has 0 fully saturated rings. The molecule has 2 N–H and O–H groups in total. The molecular weight excluding hydrogens is 292 g/mol. The van der Waals surface area contributed by atoms with Crippen molar-refractivity contribution in [3.63, 3.8) is 0 Å². The molecule has 2 aromatic carbocycles. The fourth-order valence-corrected chi connectivity index (χ4v) is 4.49. The Kier molecular flexibility index (Phi) is 2.98. The molecule has 0 radical (unpaired) electrons. The van der Waals surface area contributed by atoms with Crippen LogP contribution in [0.1, 0.15) is 35.1 Å². The maximum Gasteiger partial charge on any atom is 0.162 e. The summed E-state index contributed by atoms with van der Waals surface area (Å²) >= 11 is 0. The number of rotatable bonds is 2. The third-order valence-corrected chi connectivity index (χ3v) is 5.49. The molecule has 0 saturated carbocycles. The molecule has 0 bridgehead atoms. The van der Waals surface area contributed by atoms with Gasteiger partial charge in [0, 0.05) is 16.5 Å². The molecule has 2 aliphatic carbocycles. The lowest BCUT2D eigenvalue weighted by Gasteiger charge is -2.28. The van der Waals surface area contributed by atoms with E-state index in [4.69, 9.17) is 9.47 Å². The average Bonchev–Trinajstić information content (AvgIpc) is 3.12. The van der Waals surface area contributed by atoms with Crippen LogP contribution < -0.4 is 9.47 Å². The molecule has 2 aliphatic rings. The zero-order valence-electron chi connectivity index (χ0n) is 13.3. The lowest BCUT2D eigenvalue weighted by molar-refractivity contribution is 0.354. The highest BCUT2D eigenvalue weighted by molar-refractivity contribution is 5.66. The summed E-state index contributed by atoms with van der Waals surface area (Å²) in [6.45, 7) is 0. The summed E-state index contributed by atoms with van der Waals surface area (Å²) < 4.78 is 10.6. The first kappa shape index (κ1) is 14.2. The van der Waals surface area contributed by atoms with Gasteiger partial charge in [-0.25, -0.2) is 0 Å². The number of phenols is 2. The Bertz CT molecular complexity index is 727. The van der Waals surface area contributed by atoms with Crippen molar-refractivity contribution in [2.75, 3.05) is 14.2 Å². The summed E-state index contributed by atoms with van der Waals surface area (Å²) in [4.78, 5) is 0. The molecule has 0 unspecified atom stereocenters. The van der Waals surface area contributed by atoms with Gasteiger partial charge in [-0.3, -0.25) is 0 Å². The van der Waals surface area contributed by atoms with Crippen molar-refractivity contribution < 1.29 is 19.7 Å². The van der Waals surface area contributed by atoms with Crippen molar-refractivity contribution >= 4 is 0 Å². The molecule has 0 atom stereocenters. The van der Waals surface area contributed by atoms with Crippen LogP contribution in [0.25, 0.3) is 0 Å². The molecule has 4 rings (SSSR count). The Hall–Kier alpha value is -2.36. The average molecular weight is 312 g/mol. The van der Waals surface area contributed by atoms with E-state index in [0.717, 1.165) is 47.9 Å². The van der Waals surface area contributed by atoms with Gasteiger partial charge in [-0.1, -0.05) is 12.1 Å². The molecule has 0 saturated heterocycles. The summed E-state index contributed by atoms with van der Waals surface area (Å²) in [6, 6.07) is 7.68. The number of phenolic OH excluding ortho intramolecular Hbond substituents is 2. The van der Waals surface area contributed by atoms with Crippen molar-refractivity contribution in [3.05, 3.63) is 46.5 Å². The number of methoxy groups -OCH3 is 2. The first-order valence-electron chi connectivity index (χ1n) is 7.91. The van der Waals surface area contributed by atoms with E-state index in [1.165, 1.54) is 0 Å². The summed E-state index contributed by atoms with van der Waals surface area (Å²) in [5, 5.41) is 21.5. The second kappa shape index (κ2) is 4.82. The summed E-state index contributed by atoms with van der Waals surface area (Å²) in [7, 11) is 3.12. The molecule has 4 nitrogen and oxygen atoms in total. The lowest BCUT2D eigenvalue weighted by Crippen LogP contribution is -2.21. The van der Waals surface area contributed by atoms with Gasteiger partial charge in [-0.05, 0) is 48.9 Å². The highest BCUT2D eigenvalue weighted by atomic mass is 16.5. The molecule has 0 amide bonds. The van der Waals surface area contributed by atoms with Gasteiger partial charge in [-0.15, -0.1) is 0 Å². The Morgan fingerprint density at radius 2 is 1.22 bits per heavy atom. The molecule has 0 heterocycles. The molecule has 1 spiro atoms. The van der Waals surface area contributed by atoms with Crippen molar-refractivity contribution in [2.24, 2.45) is 0 Å². The summed E-state index contributed by atoms with van der Waals surface area (Å²) in [5.74, 6) is 1.39. The van der Waals surface area contributed by atoms with E-state index in [2.05, 4.69) is 0 Å². The van der Waals surface area contributed by atoms with E-state index in [9.17, 15) is 10.2 Å². The van der Waals surface area contributed by atoms with Crippen molar-refractivity contribution in [2.45, 2.75) is 31.1 Å². The van der Waals surface area contributed by atoms with Crippen LogP contribution >= 0.6 is 0 Å². The van der Waals surface area contributed by atoms with Crippen molar-refractivity contribution in [1.29, 1.82) is 0 Å². The number of fused-ring (bicyclic) bond motifs is 4. The molecule has 0 aliphatic heterocycles. The van der Waals surface area contributed by atoms with Crippen LogP contribution in [0.15, 0.2) is 24.3 Å². The summed E-state index contributed by atoms with van der Waals surface area (Å²) in [5.41, 5.74) is 3.76. The fourth-order valence-electron chi connectivity index (χ4n) is 4.49. The van der Waals surface area contributed by atoms with Crippen molar-refractivity contribution in [1.82, 2.24) is 0 Å². The van der Waals surface area contributed by atoms with Gasteiger partial charge < -0.3 is 19.7 Å². The summed E-state index contributed by atoms with van der Waals surface area (Å²) in [6.07, 6.45) is 3.56. The quantitative estimate of drug-likeness (QED) is 0.893. The van der Waals surface area contributed by atoms with Crippen LogP contribution in [0.3, 0.4) is 0 Å². The Morgan fingerprint density at radius 3 is 1.61 bits per heavy atom. The van der Waals surface area contributed by atoms with Gasteiger partial charge in [0.1, 0.15) is 0 Å². The van der Waals surface area contributed by atoms with E-state index >= 15 is 0 Å². The van der Waals surface area contributed by atoms with Crippen molar-refractivity contribution in [3.8, 4) is 23.0 Å². The van der Waals surface area contributed by atoms with E-state index in [0.29, 0.717) is 11.5 Å². The third kappa shape index (κ3) is 1.72. The van der Waals surface area contributed by atoms with Crippen LogP contribution in [0.2, 0.25) is 0 Å². The van der Waals surface area contributed by atoms with Crippen LogP contribution in [-0.2, 0) is 18.3 Å². The number of aryl methyl sites for hydroxylation is 2. The van der Waals surface area contributed by atoms with E-state index in [1.807, 2.05) is 24.3 Å². The third-order valence-electron chi connectivity index (χ3n) is 5.49. The molecule has 4 heteroatoms. The minimum atomic E-state index is -0.345. The Balaban J connectivity index is 2.00. The topological polar surface area (TPSA) is 58.9 Å². The van der Waals surface area contributed by atoms with Gasteiger partial charge in [0.05, 0.1) is 14.2 Å². The van der Waals surface area contributed by atoms with Gasteiger partial charge in [0.25, 0.3) is 0 Å². The lowest BCUT2D eigenvalue weighted by atomic mass is 9.75. The molecule has 2 aromatic rings. The minimum Gasteiger partial charge on any atom is -0.504 e. The maximum atomic E-state index is 10.7. The number of aromatic hydroxyl groups is 2. The van der Waals surface area contributed by atoms with E-state index in [1.54, 1.807) is 14.2 Å². The van der Waals surface area contributed by atoms with Crippen LogP contribution in [0.5, 0.6) is 23.0 Å². The Morgan fingerprint density at radius 1 is 0.783 bits per heavy atom. The SMILES string of the molecule is COc1ccc2c(c1O)C1(CC2)CCc2ccc(OC)c(O)c21. The first-order chi connectivity index (χ1) is 11.1. The molecule has 23 heavy (non-hydrogen) atoms. The molecule has 0 aromatic heterocycles. The van der Waals surface area contributed by atoms with Gasteiger partial charge >= 0.3 is 0 Å². The van der Waals surface area contributed by atoms with Gasteiger partial charge in [0.15, 0.2) is 23.0 Å². The van der Waals surface area contributed by atoms with Crippen LogP contribution in [0, 0.1) is 0 Å². The predicted octanol–water partition coefficient (Wildman–Crippen LogP) is 3.29. The number of hydrogen-bond acceptors (Lipinski definition) is 4. The first-order valence-corrected chi connectivity index (χ1v) is 7.91. The van der Waals surface area contributed by atoms with Gasteiger partial charge in [0.2, 0.25) is 0 Å². The highest BCUT2D eigenvalue weighted by Crippen LogP contribution is 2.59. The minimum absolute atomic E-state index is 0.206. The fraction of sp³-hybridized carbons (Fsp3) is 0.368. The van der Waals surface area contributed by atoms with Crippen LogP contribution in [0.4, 0.5) is 0 Å². The highest BCUT2D eigenvalue weighted by Gasteiger charge is 2.49. The standard InChI is InChI=1S/C19H20O4/c1-22-13-5-3-11-7-9-19(15(11)17(13)20)10-8-12-4-6-14(23-2)18(21)16(12)19/h3-6,20-21H,7-10H2,1-2H3. The number of benzene rings is 2. The van der Waals surface area contributed by atoms with Crippen LogP contribution in [-0.4, -0.2) is 24.4 Å². The monoisotopic (exact) mass is 312 g/mol. The number of hydrogen-bond donors (Lipinski definition) is 2. The Labute approximate surface area is 135 Å². The molecular formula is C19H20O4. The number of ether oxygens (including phenoxy) is 2. The zero-order chi connectivity index (χ0) is 16.2. The smallest absolute Gasteiger partial charge is 0.162 e. The molecule has 120 valence electrons. The maximum absolute atomic E-state index is 10.7. The van der Waals surface area contributed by atoms with Gasteiger partial charge in [-0.2, -0.15) is 0 Å². The second-order valence-corrected chi connectivity index (χ2v) is 6.38. The largest absolute Gasteiger partial charge is 0.504 e. The second-order valence-electron chi connectivity index (χ2n) is 6.38.